The van der Waals surface area contributed by atoms with E-state index in [0.29, 0.717) is 18.1 Å². The highest BCUT2D eigenvalue weighted by atomic mass is 35.5. The van der Waals surface area contributed by atoms with Crippen LogP contribution in [-0.4, -0.2) is 22.0 Å². The van der Waals surface area contributed by atoms with Crippen molar-refractivity contribution >= 4 is 21.6 Å². The Hall–Kier alpha value is -0.620. The Bertz CT molecular complexity index is 625. The molecule has 0 atom stereocenters. The summed E-state index contributed by atoms with van der Waals surface area (Å²) in [6, 6.07) is 3.34. The zero-order chi connectivity index (χ0) is 15.7. The van der Waals surface area contributed by atoms with Gasteiger partial charge in [0.1, 0.15) is 0 Å². The summed E-state index contributed by atoms with van der Waals surface area (Å²) >= 11 is 6.07. The van der Waals surface area contributed by atoms with Crippen molar-refractivity contribution in [2.45, 2.75) is 44.6 Å². The molecule has 1 fully saturated rings. The quantitative estimate of drug-likeness (QED) is 0.808. The average molecular weight is 331 g/mol. The third kappa shape index (κ3) is 3.77. The molecule has 0 saturated heterocycles. The van der Waals surface area contributed by atoms with E-state index in [4.69, 9.17) is 11.6 Å². The van der Waals surface area contributed by atoms with Crippen molar-refractivity contribution in [1.29, 1.82) is 0 Å². The van der Waals surface area contributed by atoms with Crippen molar-refractivity contribution in [3.05, 3.63) is 28.3 Å². The molecule has 21 heavy (non-hydrogen) atoms. The normalized spacial score (nSPS) is 17.0. The molecule has 0 aliphatic heterocycles. The van der Waals surface area contributed by atoms with E-state index in [0.717, 1.165) is 30.4 Å². The van der Waals surface area contributed by atoms with Crippen molar-refractivity contribution in [2.24, 2.45) is 5.41 Å². The number of sulfonamides is 1. The molecule has 0 radical (unpaired) electrons. The van der Waals surface area contributed by atoms with Crippen molar-refractivity contribution in [3.63, 3.8) is 0 Å². The number of benzene rings is 1. The lowest BCUT2D eigenvalue weighted by atomic mass is 10.1. The fraction of sp³-hybridized carbons (Fsp3) is 0.600. The van der Waals surface area contributed by atoms with Crippen molar-refractivity contribution in [3.8, 4) is 0 Å². The molecule has 1 aliphatic rings. The Balaban J connectivity index is 2.27. The van der Waals surface area contributed by atoms with Crippen LogP contribution in [0.1, 0.15) is 37.3 Å². The second-order valence-electron chi connectivity index (χ2n) is 5.90. The summed E-state index contributed by atoms with van der Waals surface area (Å²) in [4.78, 5) is 0.284. The molecule has 1 aliphatic carbocycles. The zero-order valence-electron chi connectivity index (χ0n) is 12.8. The molecule has 0 aromatic heterocycles. The molecule has 4 nitrogen and oxygen atoms in total. The lowest BCUT2D eigenvalue weighted by molar-refractivity contribution is 0.475. The largest absolute Gasteiger partial charge is 0.316 e. The minimum Gasteiger partial charge on any atom is -0.316 e. The van der Waals surface area contributed by atoms with Crippen LogP contribution < -0.4 is 10.0 Å². The predicted molar refractivity (Wildman–Crippen MR) is 86.1 cm³/mol. The van der Waals surface area contributed by atoms with Crippen LogP contribution in [0.3, 0.4) is 0 Å². The van der Waals surface area contributed by atoms with E-state index in [-0.39, 0.29) is 10.3 Å². The van der Waals surface area contributed by atoms with E-state index in [1.165, 1.54) is 6.07 Å². The Kier molecular flexibility index (Phi) is 4.98. The summed E-state index contributed by atoms with van der Waals surface area (Å²) in [6.07, 6.45) is 3.21. The molecular weight excluding hydrogens is 308 g/mol. The lowest BCUT2D eigenvalue weighted by Gasteiger charge is -2.16. The second kappa shape index (κ2) is 6.24. The van der Waals surface area contributed by atoms with Gasteiger partial charge < -0.3 is 5.32 Å². The van der Waals surface area contributed by atoms with Gasteiger partial charge >= 0.3 is 0 Å². The first-order valence-electron chi connectivity index (χ1n) is 7.27. The number of halogens is 1. The first-order chi connectivity index (χ1) is 9.83. The molecule has 0 unspecified atom stereocenters. The minimum absolute atomic E-state index is 0.174. The minimum atomic E-state index is -3.52. The molecule has 0 bridgehead atoms. The second-order valence-corrected chi connectivity index (χ2v) is 8.07. The van der Waals surface area contributed by atoms with Gasteiger partial charge in [0.15, 0.2) is 0 Å². The monoisotopic (exact) mass is 330 g/mol. The van der Waals surface area contributed by atoms with E-state index in [1.54, 1.807) is 6.07 Å². The van der Waals surface area contributed by atoms with Crippen LogP contribution in [0.5, 0.6) is 0 Å². The van der Waals surface area contributed by atoms with Crippen molar-refractivity contribution in [1.82, 2.24) is 10.0 Å². The summed E-state index contributed by atoms with van der Waals surface area (Å²) < 4.78 is 27.9. The molecule has 1 saturated carbocycles. The van der Waals surface area contributed by atoms with Crippen LogP contribution in [0.4, 0.5) is 0 Å². The van der Waals surface area contributed by atoms with Gasteiger partial charge in [0.25, 0.3) is 0 Å². The Labute approximate surface area is 132 Å². The highest BCUT2D eigenvalue weighted by Gasteiger charge is 2.41. The van der Waals surface area contributed by atoms with E-state index in [9.17, 15) is 8.42 Å². The van der Waals surface area contributed by atoms with Gasteiger partial charge in [-0.3, -0.25) is 0 Å². The number of hydrogen-bond acceptors (Lipinski definition) is 3. The molecule has 6 heteroatoms. The molecule has 0 spiro atoms. The van der Waals surface area contributed by atoms with Gasteiger partial charge in [0.2, 0.25) is 10.0 Å². The molecular formula is C15H23ClN2O2S. The van der Waals surface area contributed by atoms with Gasteiger partial charge in [0.05, 0.1) is 4.90 Å². The van der Waals surface area contributed by atoms with Gasteiger partial charge in [-0.1, -0.05) is 18.5 Å². The van der Waals surface area contributed by atoms with Gasteiger partial charge in [-0.05, 0) is 61.9 Å². The summed E-state index contributed by atoms with van der Waals surface area (Å²) in [6.45, 7) is 5.04. The van der Waals surface area contributed by atoms with E-state index in [1.807, 2.05) is 14.0 Å². The standard InChI is InChI=1S/C15H23ClN2O2S/c1-4-15(5-6-15)10-18-21(19,20)14-8-13(16)7-12(9-17-3)11(14)2/h7-8,17-18H,4-6,9-10H2,1-3H3. The number of rotatable bonds is 7. The summed E-state index contributed by atoms with van der Waals surface area (Å²) in [5.74, 6) is 0. The van der Waals surface area contributed by atoms with Gasteiger partial charge in [-0.25, -0.2) is 13.1 Å². The number of hydrogen-bond donors (Lipinski definition) is 2. The third-order valence-electron chi connectivity index (χ3n) is 4.43. The van der Waals surface area contributed by atoms with Crippen LogP contribution in [-0.2, 0) is 16.6 Å². The lowest BCUT2D eigenvalue weighted by Crippen LogP contribution is -2.30. The maximum absolute atomic E-state index is 12.6. The van der Waals surface area contributed by atoms with Crippen LogP contribution >= 0.6 is 11.6 Å². The van der Waals surface area contributed by atoms with E-state index < -0.39 is 10.0 Å². The van der Waals surface area contributed by atoms with Crippen LogP contribution in [0.15, 0.2) is 17.0 Å². The summed E-state index contributed by atoms with van der Waals surface area (Å²) in [5.41, 5.74) is 1.83. The third-order valence-corrected chi connectivity index (χ3v) is 6.18. The molecule has 0 heterocycles. The highest BCUT2D eigenvalue weighted by molar-refractivity contribution is 7.89. The average Bonchev–Trinajstić information content (AvgIpc) is 3.21. The van der Waals surface area contributed by atoms with Gasteiger partial charge in [-0.2, -0.15) is 0 Å². The van der Waals surface area contributed by atoms with Crippen LogP contribution in [0.25, 0.3) is 0 Å². The topological polar surface area (TPSA) is 58.2 Å². The maximum atomic E-state index is 12.6. The van der Waals surface area contributed by atoms with Gasteiger partial charge in [-0.15, -0.1) is 0 Å². The fourth-order valence-electron chi connectivity index (χ4n) is 2.52. The Morgan fingerprint density at radius 3 is 2.52 bits per heavy atom. The van der Waals surface area contributed by atoms with Crippen molar-refractivity contribution in [2.75, 3.05) is 13.6 Å². The van der Waals surface area contributed by atoms with Crippen molar-refractivity contribution < 1.29 is 8.42 Å². The highest BCUT2D eigenvalue weighted by Crippen LogP contribution is 2.48. The van der Waals surface area contributed by atoms with Crippen LogP contribution in [0, 0.1) is 12.3 Å². The smallest absolute Gasteiger partial charge is 0.240 e. The van der Waals surface area contributed by atoms with E-state index >= 15 is 0 Å². The summed E-state index contributed by atoms with van der Waals surface area (Å²) in [7, 11) is -1.70. The molecule has 118 valence electrons. The molecule has 1 aromatic rings. The number of nitrogens with one attached hydrogen (secondary N) is 2. The fourth-order valence-corrected chi connectivity index (χ4v) is 4.29. The van der Waals surface area contributed by atoms with Crippen LogP contribution in [0.2, 0.25) is 5.02 Å². The maximum Gasteiger partial charge on any atom is 0.240 e. The van der Waals surface area contributed by atoms with E-state index in [2.05, 4.69) is 17.0 Å². The molecule has 1 aromatic carbocycles. The Morgan fingerprint density at radius 2 is 2.00 bits per heavy atom. The Morgan fingerprint density at radius 1 is 1.33 bits per heavy atom. The summed E-state index contributed by atoms with van der Waals surface area (Å²) in [5, 5.41) is 3.48. The predicted octanol–water partition coefficient (Wildman–Crippen LogP) is 2.84. The zero-order valence-corrected chi connectivity index (χ0v) is 14.4. The SMILES string of the molecule is CCC1(CNS(=O)(=O)c2cc(Cl)cc(CNC)c2C)CC1. The molecule has 0 amide bonds. The first kappa shape index (κ1) is 16.7. The molecule has 2 rings (SSSR count). The first-order valence-corrected chi connectivity index (χ1v) is 9.13. The molecule has 2 N–H and O–H groups in total. The van der Waals surface area contributed by atoms with Gasteiger partial charge in [0, 0.05) is 18.1 Å².